The topological polar surface area (TPSA) is 63.6 Å². The Bertz CT molecular complexity index is 588. The van der Waals surface area contributed by atoms with E-state index >= 15 is 0 Å². The van der Waals surface area contributed by atoms with Gasteiger partial charge in [0.15, 0.2) is 0 Å². The molecule has 1 N–H and O–H groups in total. The summed E-state index contributed by atoms with van der Waals surface area (Å²) in [4.78, 5) is -0.165. The third kappa shape index (κ3) is 3.05. The molecule has 0 saturated carbocycles. The molecule has 0 aliphatic rings. The molecule has 0 aliphatic heterocycles. The van der Waals surface area contributed by atoms with Gasteiger partial charge in [-0.3, -0.25) is 4.55 Å². The molecule has 5 heteroatoms. The van der Waals surface area contributed by atoms with Crippen LogP contribution < -0.4 is 4.74 Å². The maximum Gasteiger partial charge on any atom is 0.294 e. The van der Waals surface area contributed by atoms with Crippen LogP contribution in [0.3, 0.4) is 0 Å². The fourth-order valence-corrected chi connectivity index (χ4v) is 1.73. The number of rotatable bonds is 3. The van der Waals surface area contributed by atoms with Gasteiger partial charge in [-0.2, -0.15) is 8.42 Å². The van der Waals surface area contributed by atoms with Crippen molar-refractivity contribution in [2.45, 2.75) is 4.90 Å². The average molecular weight is 249 g/mol. The molecule has 0 atom stereocenters. The Labute approximate surface area is 99.2 Å². The molecular formula is C12H9O4S. The number of para-hydroxylation sites is 1. The maximum absolute atomic E-state index is 10.8. The highest BCUT2D eigenvalue weighted by molar-refractivity contribution is 7.85. The van der Waals surface area contributed by atoms with E-state index in [-0.39, 0.29) is 4.90 Å². The molecule has 0 unspecified atom stereocenters. The molecule has 2 rings (SSSR count). The predicted molar refractivity (Wildman–Crippen MR) is 61.6 cm³/mol. The number of hydrogen-bond donors (Lipinski definition) is 1. The van der Waals surface area contributed by atoms with E-state index in [4.69, 9.17) is 9.29 Å². The zero-order chi connectivity index (χ0) is 12.3. The number of hydrogen-bond acceptors (Lipinski definition) is 3. The Morgan fingerprint density at radius 1 is 1.06 bits per heavy atom. The first-order valence-corrected chi connectivity index (χ1v) is 6.22. The second-order valence-corrected chi connectivity index (χ2v) is 4.70. The van der Waals surface area contributed by atoms with Gasteiger partial charge in [-0.25, -0.2) is 0 Å². The van der Waals surface area contributed by atoms with Gasteiger partial charge in [-0.05, 0) is 30.3 Å². The maximum atomic E-state index is 10.8. The summed E-state index contributed by atoms with van der Waals surface area (Å²) in [6, 6.07) is 15.4. The summed E-state index contributed by atoms with van der Waals surface area (Å²) < 4.78 is 35.8. The second-order valence-electron chi connectivity index (χ2n) is 3.28. The Morgan fingerprint density at radius 3 is 2.29 bits per heavy atom. The van der Waals surface area contributed by atoms with Crippen LogP contribution in [0.2, 0.25) is 0 Å². The Kier molecular flexibility index (Phi) is 3.12. The molecule has 17 heavy (non-hydrogen) atoms. The third-order valence-corrected chi connectivity index (χ3v) is 2.90. The first kappa shape index (κ1) is 11.6. The van der Waals surface area contributed by atoms with E-state index in [9.17, 15) is 8.42 Å². The molecule has 1 radical (unpaired) electrons. The highest BCUT2D eigenvalue weighted by Crippen LogP contribution is 2.21. The van der Waals surface area contributed by atoms with Crippen LogP contribution in [0.5, 0.6) is 11.5 Å². The van der Waals surface area contributed by atoms with Crippen molar-refractivity contribution in [2.24, 2.45) is 0 Å². The zero-order valence-electron chi connectivity index (χ0n) is 8.70. The normalized spacial score (nSPS) is 11.1. The van der Waals surface area contributed by atoms with Gasteiger partial charge >= 0.3 is 0 Å². The van der Waals surface area contributed by atoms with Gasteiger partial charge in [0.05, 0.1) is 4.90 Å². The van der Waals surface area contributed by atoms with Crippen LogP contribution in [0.25, 0.3) is 0 Å². The van der Waals surface area contributed by atoms with E-state index in [0.717, 1.165) is 0 Å². The molecule has 0 fully saturated rings. The van der Waals surface area contributed by atoms with Gasteiger partial charge in [0.2, 0.25) is 0 Å². The molecular weight excluding hydrogens is 240 g/mol. The fraction of sp³-hybridized carbons (Fsp3) is 0. The lowest BCUT2D eigenvalue weighted by atomic mass is 10.3. The number of ether oxygens (including phenoxy) is 1. The molecule has 0 aliphatic carbocycles. The predicted octanol–water partition coefficient (Wildman–Crippen LogP) is 2.53. The van der Waals surface area contributed by atoms with Gasteiger partial charge in [0.25, 0.3) is 10.1 Å². The smallest absolute Gasteiger partial charge is 0.294 e. The van der Waals surface area contributed by atoms with Gasteiger partial charge in [0.1, 0.15) is 11.5 Å². The minimum atomic E-state index is -4.16. The molecule has 87 valence electrons. The first-order valence-electron chi connectivity index (χ1n) is 4.78. The van der Waals surface area contributed by atoms with Crippen molar-refractivity contribution < 1.29 is 17.7 Å². The Balaban J connectivity index is 2.20. The summed E-state index contributed by atoms with van der Waals surface area (Å²) in [5.41, 5.74) is 0. The molecule has 0 aromatic heterocycles. The van der Waals surface area contributed by atoms with Crippen molar-refractivity contribution in [1.29, 1.82) is 0 Å². The summed E-state index contributed by atoms with van der Waals surface area (Å²) in [6.07, 6.45) is 0. The van der Waals surface area contributed by atoms with E-state index in [2.05, 4.69) is 6.07 Å². The second kappa shape index (κ2) is 4.57. The van der Waals surface area contributed by atoms with Gasteiger partial charge in [0, 0.05) is 6.07 Å². The summed E-state index contributed by atoms with van der Waals surface area (Å²) >= 11 is 0. The SMILES string of the molecule is O=S(=O)(O)c1ccc(Oc2[c]cccc2)cc1. The van der Waals surface area contributed by atoms with E-state index < -0.39 is 10.1 Å². The summed E-state index contributed by atoms with van der Waals surface area (Å²) in [5, 5.41) is 0. The van der Waals surface area contributed by atoms with Crippen molar-refractivity contribution in [3.63, 3.8) is 0 Å². The molecule has 0 amide bonds. The van der Waals surface area contributed by atoms with Crippen LogP contribution in [0.1, 0.15) is 0 Å². The Hall–Kier alpha value is -1.85. The standard InChI is InChI=1S/C12H9O4S/c13-17(14,15)12-8-6-11(7-9-12)16-10-4-2-1-3-5-10/h1-4,6-9H,(H,13,14,15). The fourth-order valence-electron chi connectivity index (χ4n) is 1.25. The third-order valence-electron chi connectivity index (χ3n) is 2.03. The van der Waals surface area contributed by atoms with Crippen molar-refractivity contribution >= 4 is 10.1 Å². The zero-order valence-corrected chi connectivity index (χ0v) is 9.52. The first-order chi connectivity index (χ1) is 8.05. The van der Waals surface area contributed by atoms with Crippen molar-refractivity contribution in [1.82, 2.24) is 0 Å². The largest absolute Gasteiger partial charge is 0.457 e. The molecule has 0 spiro atoms. The van der Waals surface area contributed by atoms with Crippen LogP contribution in [-0.4, -0.2) is 13.0 Å². The monoisotopic (exact) mass is 249 g/mol. The minimum absolute atomic E-state index is 0.165. The van der Waals surface area contributed by atoms with Crippen LogP contribution in [-0.2, 0) is 10.1 Å². The van der Waals surface area contributed by atoms with E-state index in [0.29, 0.717) is 11.5 Å². The quantitative estimate of drug-likeness (QED) is 0.849. The number of benzene rings is 2. The summed E-state index contributed by atoms with van der Waals surface area (Å²) in [7, 11) is -4.16. The van der Waals surface area contributed by atoms with Crippen molar-refractivity contribution in [3.05, 3.63) is 54.6 Å². The van der Waals surface area contributed by atoms with Crippen LogP contribution >= 0.6 is 0 Å². The van der Waals surface area contributed by atoms with E-state index in [1.807, 2.05) is 6.07 Å². The van der Waals surface area contributed by atoms with E-state index in [1.54, 1.807) is 18.2 Å². The average Bonchev–Trinajstić information content (AvgIpc) is 2.30. The van der Waals surface area contributed by atoms with Crippen molar-refractivity contribution in [3.8, 4) is 11.5 Å². The molecule has 0 saturated heterocycles. The molecule has 2 aromatic carbocycles. The summed E-state index contributed by atoms with van der Waals surface area (Å²) in [6.45, 7) is 0. The van der Waals surface area contributed by atoms with Crippen molar-refractivity contribution in [2.75, 3.05) is 0 Å². The van der Waals surface area contributed by atoms with Crippen LogP contribution in [0.4, 0.5) is 0 Å². The minimum Gasteiger partial charge on any atom is -0.457 e. The van der Waals surface area contributed by atoms with Crippen LogP contribution in [0, 0.1) is 6.07 Å². The van der Waals surface area contributed by atoms with Gasteiger partial charge < -0.3 is 4.74 Å². The highest BCUT2D eigenvalue weighted by atomic mass is 32.2. The highest BCUT2D eigenvalue weighted by Gasteiger charge is 2.08. The lowest BCUT2D eigenvalue weighted by Crippen LogP contribution is -1.97. The van der Waals surface area contributed by atoms with Crippen LogP contribution in [0.15, 0.2) is 53.4 Å². The Morgan fingerprint density at radius 2 is 1.76 bits per heavy atom. The molecule has 0 heterocycles. The lowest BCUT2D eigenvalue weighted by Gasteiger charge is -2.05. The molecule has 2 aromatic rings. The molecule has 4 nitrogen and oxygen atoms in total. The lowest BCUT2D eigenvalue weighted by molar-refractivity contribution is 0.477. The molecule has 0 bridgehead atoms. The van der Waals surface area contributed by atoms with Gasteiger partial charge in [-0.1, -0.05) is 18.2 Å². The van der Waals surface area contributed by atoms with E-state index in [1.165, 1.54) is 24.3 Å². The summed E-state index contributed by atoms with van der Waals surface area (Å²) in [5.74, 6) is 1.01. The van der Waals surface area contributed by atoms with Gasteiger partial charge in [-0.15, -0.1) is 0 Å².